The summed E-state index contributed by atoms with van der Waals surface area (Å²) in [5.41, 5.74) is 8.70. The Labute approximate surface area is 173 Å². The molecular formula is C22H24N4O2S. The van der Waals surface area contributed by atoms with Gasteiger partial charge in [0, 0.05) is 17.2 Å². The lowest BCUT2D eigenvalue weighted by Crippen LogP contribution is -2.44. The summed E-state index contributed by atoms with van der Waals surface area (Å²) in [4.78, 5) is 32.3. The molecule has 0 unspecified atom stereocenters. The minimum atomic E-state index is -0.300. The maximum atomic E-state index is 12.3. The summed E-state index contributed by atoms with van der Waals surface area (Å²) in [7, 11) is 0. The molecule has 3 aromatic rings. The molecule has 1 aliphatic carbocycles. The summed E-state index contributed by atoms with van der Waals surface area (Å²) in [5.74, 6) is 0.379. The van der Waals surface area contributed by atoms with Gasteiger partial charge in [-0.1, -0.05) is 55.3 Å². The zero-order chi connectivity index (χ0) is 20.1. The van der Waals surface area contributed by atoms with Crippen molar-refractivity contribution in [3.63, 3.8) is 0 Å². The number of rotatable bonds is 5. The van der Waals surface area contributed by atoms with Gasteiger partial charge >= 0.3 is 0 Å². The summed E-state index contributed by atoms with van der Waals surface area (Å²) < 4.78 is 0. The van der Waals surface area contributed by atoms with Crippen molar-refractivity contribution >= 4 is 34.6 Å². The minimum Gasteiger partial charge on any atom is -0.333 e. The first-order valence-corrected chi connectivity index (χ1v) is 10.9. The molecule has 29 heavy (non-hydrogen) atoms. The molecule has 1 aromatic heterocycles. The van der Waals surface area contributed by atoms with Gasteiger partial charge in [-0.15, -0.1) is 0 Å². The quantitative estimate of drug-likeness (QED) is 0.436. The van der Waals surface area contributed by atoms with E-state index in [1.54, 1.807) is 23.9 Å². The molecule has 1 saturated carbocycles. The van der Waals surface area contributed by atoms with Crippen LogP contribution in [0, 0.1) is 5.92 Å². The normalized spacial score (nSPS) is 14.6. The van der Waals surface area contributed by atoms with E-state index in [1.165, 1.54) is 6.42 Å². The van der Waals surface area contributed by atoms with E-state index in [0.29, 0.717) is 5.56 Å². The summed E-state index contributed by atoms with van der Waals surface area (Å²) in [5, 5.41) is 0.874. The highest BCUT2D eigenvalue weighted by atomic mass is 32.2. The van der Waals surface area contributed by atoms with Gasteiger partial charge in [0.05, 0.1) is 11.0 Å². The Bertz CT molecular complexity index is 960. The lowest BCUT2D eigenvalue weighted by Gasteiger charge is -2.20. The fourth-order valence-corrected chi connectivity index (χ4v) is 4.40. The van der Waals surface area contributed by atoms with E-state index in [9.17, 15) is 9.59 Å². The molecule has 150 valence electrons. The standard InChI is InChI=1S/C22H24N4O2S/c27-20(16-6-2-1-3-7-16)25-26-21(28)17-12-10-15(11-13-17)14-29-22-23-18-8-4-5-9-19(18)24-22/h4-5,8-13,16H,1-3,6-7,14H2,(H,23,24)(H,25,27)(H,26,28). The van der Waals surface area contributed by atoms with Crippen molar-refractivity contribution in [2.24, 2.45) is 5.92 Å². The molecule has 0 radical (unpaired) electrons. The van der Waals surface area contributed by atoms with Gasteiger partial charge < -0.3 is 4.98 Å². The van der Waals surface area contributed by atoms with E-state index < -0.39 is 0 Å². The Balaban J connectivity index is 1.27. The van der Waals surface area contributed by atoms with Crippen molar-refractivity contribution in [2.45, 2.75) is 43.0 Å². The summed E-state index contributed by atoms with van der Waals surface area (Å²) in [6.07, 6.45) is 5.16. The van der Waals surface area contributed by atoms with Crippen LogP contribution in [0.3, 0.4) is 0 Å². The Morgan fingerprint density at radius 3 is 2.52 bits per heavy atom. The van der Waals surface area contributed by atoms with Crippen LogP contribution < -0.4 is 10.9 Å². The number of aromatic nitrogens is 2. The van der Waals surface area contributed by atoms with Gasteiger partial charge in [0.15, 0.2) is 5.16 Å². The largest absolute Gasteiger partial charge is 0.333 e. The van der Waals surface area contributed by atoms with Gasteiger partial charge in [-0.2, -0.15) is 0 Å². The maximum absolute atomic E-state index is 12.3. The maximum Gasteiger partial charge on any atom is 0.269 e. The zero-order valence-corrected chi connectivity index (χ0v) is 16.9. The third-order valence-electron chi connectivity index (χ3n) is 5.23. The van der Waals surface area contributed by atoms with Crippen molar-refractivity contribution in [3.8, 4) is 0 Å². The molecule has 0 spiro atoms. The number of nitrogens with zero attached hydrogens (tertiary/aromatic N) is 1. The van der Waals surface area contributed by atoms with Crippen LogP contribution in [-0.2, 0) is 10.5 Å². The predicted molar refractivity (Wildman–Crippen MR) is 114 cm³/mol. The highest BCUT2D eigenvalue weighted by Crippen LogP contribution is 2.24. The number of hydrazine groups is 1. The van der Waals surface area contributed by atoms with Crippen LogP contribution >= 0.6 is 11.8 Å². The first-order chi connectivity index (χ1) is 14.2. The Hall–Kier alpha value is -2.80. The number of nitrogens with one attached hydrogen (secondary N) is 3. The van der Waals surface area contributed by atoms with Crippen LogP contribution in [0.2, 0.25) is 0 Å². The number of carbonyl (C=O) groups is 2. The monoisotopic (exact) mass is 408 g/mol. The van der Waals surface area contributed by atoms with E-state index in [1.807, 2.05) is 36.4 Å². The number of benzene rings is 2. The van der Waals surface area contributed by atoms with Gasteiger partial charge in [0.1, 0.15) is 0 Å². The van der Waals surface area contributed by atoms with E-state index >= 15 is 0 Å². The van der Waals surface area contributed by atoms with Crippen molar-refractivity contribution in [1.82, 2.24) is 20.8 Å². The number of hydrogen-bond donors (Lipinski definition) is 3. The molecule has 7 heteroatoms. The Morgan fingerprint density at radius 1 is 1.00 bits per heavy atom. The summed E-state index contributed by atoms with van der Waals surface area (Å²) in [6.45, 7) is 0. The second-order valence-electron chi connectivity index (χ2n) is 7.32. The third kappa shape index (κ3) is 4.98. The number of H-pyrrole nitrogens is 1. The second-order valence-corrected chi connectivity index (χ2v) is 8.29. The van der Waals surface area contributed by atoms with E-state index in [-0.39, 0.29) is 17.7 Å². The highest BCUT2D eigenvalue weighted by Gasteiger charge is 2.21. The second kappa shape index (κ2) is 9.13. The van der Waals surface area contributed by atoms with E-state index in [4.69, 9.17) is 0 Å². The smallest absolute Gasteiger partial charge is 0.269 e. The van der Waals surface area contributed by atoms with E-state index in [0.717, 1.165) is 53.2 Å². The van der Waals surface area contributed by atoms with Gasteiger partial charge in [0.2, 0.25) is 5.91 Å². The predicted octanol–water partition coefficient (Wildman–Crippen LogP) is 4.20. The van der Waals surface area contributed by atoms with Crippen LogP contribution in [-0.4, -0.2) is 21.8 Å². The fourth-order valence-electron chi connectivity index (χ4n) is 3.56. The lowest BCUT2D eigenvalue weighted by molar-refractivity contribution is -0.126. The molecule has 1 aliphatic rings. The van der Waals surface area contributed by atoms with Crippen molar-refractivity contribution in [2.75, 3.05) is 0 Å². The first-order valence-electron chi connectivity index (χ1n) is 9.96. The molecule has 0 bridgehead atoms. The molecule has 0 atom stereocenters. The summed E-state index contributed by atoms with van der Waals surface area (Å²) in [6, 6.07) is 15.3. The number of thioether (sulfide) groups is 1. The van der Waals surface area contributed by atoms with Crippen LogP contribution in [0.25, 0.3) is 11.0 Å². The number of aromatic amines is 1. The van der Waals surface area contributed by atoms with Crippen molar-refractivity contribution < 1.29 is 9.59 Å². The van der Waals surface area contributed by atoms with Crippen LogP contribution in [0.1, 0.15) is 48.0 Å². The van der Waals surface area contributed by atoms with Gasteiger partial charge in [0.25, 0.3) is 5.91 Å². The fraction of sp³-hybridized carbons (Fsp3) is 0.318. The molecule has 4 rings (SSSR count). The number of amides is 2. The SMILES string of the molecule is O=C(NNC(=O)C1CCCCC1)c1ccc(CSc2nc3ccccc3[nH]2)cc1. The van der Waals surface area contributed by atoms with Crippen LogP contribution in [0.5, 0.6) is 0 Å². The molecule has 6 nitrogen and oxygen atoms in total. The van der Waals surface area contributed by atoms with Gasteiger partial charge in [-0.25, -0.2) is 4.98 Å². The van der Waals surface area contributed by atoms with E-state index in [2.05, 4.69) is 20.8 Å². The third-order valence-corrected chi connectivity index (χ3v) is 6.18. The molecular weight excluding hydrogens is 384 g/mol. The molecule has 0 saturated heterocycles. The molecule has 1 heterocycles. The molecule has 2 amide bonds. The molecule has 0 aliphatic heterocycles. The number of hydrogen-bond acceptors (Lipinski definition) is 4. The van der Waals surface area contributed by atoms with Crippen molar-refractivity contribution in [1.29, 1.82) is 0 Å². The topological polar surface area (TPSA) is 86.9 Å². The van der Waals surface area contributed by atoms with Crippen molar-refractivity contribution in [3.05, 3.63) is 59.7 Å². The minimum absolute atomic E-state index is 0.0155. The number of imidazole rings is 1. The number of para-hydroxylation sites is 2. The van der Waals surface area contributed by atoms with Crippen LogP contribution in [0.15, 0.2) is 53.7 Å². The van der Waals surface area contributed by atoms with Gasteiger partial charge in [-0.05, 0) is 42.7 Å². The Kier molecular flexibility index (Phi) is 6.14. The highest BCUT2D eigenvalue weighted by molar-refractivity contribution is 7.98. The Morgan fingerprint density at radius 2 is 1.76 bits per heavy atom. The lowest BCUT2D eigenvalue weighted by atomic mass is 9.89. The first kappa shape index (κ1) is 19.5. The molecule has 1 fully saturated rings. The average molecular weight is 409 g/mol. The molecule has 2 aromatic carbocycles. The zero-order valence-electron chi connectivity index (χ0n) is 16.1. The summed E-state index contributed by atoms with van der Waals surface area (Å²) >= 11 is 1.62. The molecule has 3 N–H and O–H groups in total. The average Bonchev–Trinajstić information content (AvgIpc) is 3.20. The van der Waals surface area contributed by atoms with Crippen LogP contribution in [0.4, 0.5) is 0 Å². The number of fused-ring (bicyclic) bond motifs is 1. The van der Waals surface area contributed by atoms with Gasteiger partial charge in [-0.3, -0.25) is 20.4 Å². The number of carbonyl (C=O) groups excluding carboxylic acids is 2.